The van der Waals surface area contributed by atoms with E-state index >= 15 is 0 Å². The van der Waals surface area contributed by atoms with Crippen LogP contribution in [0.2, 0.25) is 0 Å². The van der Waals surface area contributed by atoms with Crippen LogP contribution in [0.3, 0.4) is 0 Å². The first-order valence-electron chi connectivity index (χ1n) is 6.39. The Morgan fingerprint density at radius 2 is 2.10 bits per heavy atom. The van der Waals surface area contributed by atoms with Crippen molar-refractivity contribution < 1.29 is 24.2 Å². The van der Waals surface area contributed by atoms with E-state index in [1.165, 1.54) is 11.8 Å². The first-order chi connectivity index (χ1) is 9.10. The summed E-state index contributed by atoms with van der Waals surface area (Å²) in [6.45, 7) is 6.91. The Bertz CT molecular complexity index is 434. The third kappa shape index (κ3) is 3.64. The van der Waals surface area contributed by atoms with Crippen molar-refractivity contribution in [3.8, 4) is 12.3 Å². The van der Waals surface area contributed by atoms with Crippen LogP contribution in [0, 0.1) is 12.3 Å². The van der Waals surface area contributed by atoms with Gasteiger partial charge < -0.3 is 14.6 Å². The summed E-state index contributed by atoms with van der Waals surface area (Å²) < 4.78 is 10.6. The van der Waals surface area contributed by atoms with Gasteiger partial charge in [0, 0.05) is 6.42 Å². The summed E-state index contributed by atoms with van der Waals surface area (Å²) in [7, 11) is 0. The van der Waals surface area contributed by atoms with Crippen molar-refractivity contribution in [2.45, 2.75) is 51.4 Å². The van der Waals surface area contributed by atoms with E-state index in [9.17, 15) is 14.7 Å². The van der Waals surface area contributed by atoms with Crippen LogP contribution in [-0.4, -0.2) is 52.5 Å². The number of carboxylic acids is 1. The monoisotopic (exact) mass is 283 g/mol. The number of terminal acetylenes is 1. The van der Waals surface area contributed by atoms with E-state index in [2.05, 4.69) is 5.92 Å². The van der Waals surface area contributed by atoms with Gasteiger partial charge in [-0.2, -0.15) is 0 Å². The molecular formula is C14H21NO5. The van der Waals surface area contributed by atoms with Gasteiger partial charge in [0.05, 0.1) is 12.6 Å². The third-order valence-corrected chi connectivity index (χ3v) is 3.08. The number of likely N-dealkylation sites (tertiary alicyclic amines) is 1. The lowest BCUT2D eigenvalue weighted by Gasteiger charge is -2.32. The number of hydrogen-bond acceptors (Lipinski definition) is 4. The largest absolute Gasteiger partial charge is 0.480 e. The van der Waals surface area contributed by atoms with Crippen molar-refractivity contribution in [3.63, 3.8) is 0 Å². The fraction of sp³-hybridized carbons (Fsp3) is 0.714. The van der Waals surface area contributed by atoms with Crippen LogP contribution in [0.4, 0.5) is 4.79 Å². The fourth-order valence-electron chi connectivity index (χ4n) is 2.10. The molecule has 1 rings (SSSR count). The second kappa shape index (κ2) is 5.71. The minimum Gasteiger partial charge on any atom is -0.480 e. The number of carboxylic acid groups (broad SMARTS) is 1. The van der Waals surface area contributed by atoms with Gasteiger partial charge in [-0.15, -0.1) is 6.42 Å². The molecule has 0 unspecified atom stereocenters. The number of carbonyl (C=O) groups excluding carboxylic acids is 1. The normalized spacial score (nSPS) is 26.1. The first kappa shape index (κ1) is 16.3. The highest BCUT2D eigenvalue weighted by atomic mass is 16.6. The summed E-state index contributed by atoms with van der Waals surface area (Å²) in [6, 6.07) is 0. The van der Waals surface area contributed by atoms with Gasteiger partial charge in [-0.1, -0.05) is 5.92 Å². The number of nitrogens with zero attached hydrogens (tertiary/aromatic N) is 1. The van der Waals surface area contributed by atoms with Gasteiger partial charge in [-0.05, 0) is 27.7 Å². The molecule has 1 amide bonds. The van der Waals surface area contributed by atoms with E-state index < -0.39 is 29.3 Å². The Kier molecular flexibility index (Phi) is 4.66. The second-order valence-electron chi connectivity index (χ2n) is 6.01. The standard InChI is InChI=1S/C14H21NO5/c1-6-7-19-10-8-14(5,11(16)17)15(9-10)12(18)20-13(2,3)4/h1,10H,7-9H2,2-5H3,(H,16,17)/t10-,14+/m1/s1. The summed E-state index contributed by atoms with van der Waals surface area (Å²) in [5.74, 6) is 1.24. The summed E-state index contributed by atoms with van der Waals surface area (Å²) in [5, 5.41) is 9.39. The topological polar surface area (TPSA) is 76.1 Å². The van der Waals surface area contributed by atoms with Gasteiger partial charge in [0.1, 0.15) is 17.7 Å². The zero-order chi connectivity index (χ0) is 15.6. The second-order valence-corrected chi connectivity index (χ2v) is 6.01. The molecule has 1 N–H and O–H groups in total. The predicted octanol–water partition coefficient (Wildman–Crippen LogP) is 1.49. The molecule has 1 saturated heterocycles. The molecule has 0 aromatic rings. The van der Waals surface area contributed by atoms with Crippen molar-refractivity contribution in [3.05, 3.63) is 0 Å². The van der Waals surface area contributed by atoms with Gasteiger partial charge in [0.25, 0.3) is 0 Å². The minimum absolute atomic E-state index is 0.0858. The lowest BCUT2D eigenvalue weighted by Crippen LogP contribution is -2.52. The van der Waals surface area contributed by atoms with Crippen LogP contribution >= 0.6 is 0 Å². The Hall–Kier alpha value is -1.74. The lowest BCUT2D eigenvalue weighted by atomic mass is 9.99. The van der Waals surface area contributed by atoms with Crippen molar-refractivity contribution in [2.75, 3.05) is 13.2 Å². The molecule has 1 heterocycles. The molecule has 0 bridgehead atoms. The maximum absolute atomic E-state index is 12.1. The van der Waals surface area contributed by atoms with E-state index in [4.69, 9.17) is 15.9 Å². The molecule has 20 heavy (non-hydrogen) atoms. The molecule has 0 radical (unpaired) electrons. The van der Waals surface area contributed by atoms with Crippen molar-refractivity contribution in [1.82, 2.24) is 4.90 Å². The molecule has 1 aliphatic heterocycles. The highest BCUT2D eigenvalue weighted by molar-refractivity contribution is 5.85. The van der Waals surface area contributed by atoms with Crippen molar-refractivity contribution >= 4 is 12.1 Å². The SMILES string of the molecule is C#CCO[C@H]1CN(C(=O)OC(C)(C)C)[C@](C)(C(=O)O)C1. The molecule has 0 aliphatic carbocycles. The number of ether oxygens (including phenoxy) is 2. The molecule has 6 nitrogen and oxygen atoms in total. The molecule has 0 aromatic heterocycles. The van der Waals surface area contributed by atoms with Crippen molar-refractivity contribution in [2.24, 2.45) is 0 Å². The summed E-state index contributed by atoms with van der Waals surface area (Å²) in [5.41, 5.74) is -2.03. The maximum atomic E-state index is 12.1. The molecular weight excluding hydrogens is 262 g/mol. The average molecular weight is 283 g/mol. The zero-order valence-corrected chi connectivity index (χ0v) is 12.3. The third-order valence-electron chi connectivity index (χ3n) is 3.08. The smallest absolute Gasteiger partial charge is 0.411 e. The summed E-state index contributed by atoms with van der Waals surface area (Å²) in [4.78, 5) is 24.8. The van der Waals surface area contributed by atoms with Crippen molar-refractivity contribution in [1.29, 1.82) is 0 Å². The molecule has 112 valence electrons. The van der Waals surface area contributed by atoms with Crippen LogP contribution < -0.4 is 0 Å². The number of hydrogen-bond donors (Lipinski definition) is 1. The van der Waals surface area contributed by atoms with Gasteiger partial charge in [-0.25, -0.2) is 9.59 Å². The van der Waals surface area contributed by atoms with E-state index in [0.717, 1.165) is 0 Å². The lowest BCUT2D eigenvalue weighted by molar-refractivity contribution is -0.148. The fourth-order valence-corrected chi connectivity index (χ4v) is 2.10. The molecule has 1 fully saturated rings. The van der Waals surface area contributed by atoms with Crippen LogP contribution in [0.25, 0.3) is 0 Å². The molecule has 2 atom stereocenters. The van der Waals surface area contributed by atoms with Gasteiger partial charge in [-0.3, -0.25) is 4.90 Å². The Morgan fingerprint density at radius 3 is 2.55 bits per heavy atom. The molecule has 0 aromatic carbocycles. The number of carbonyl (C=O) groups is 2. The highest BCUT2D eigenvalue weighted by Crippen LogP contribution is 2.32. The Morgan fingerprint density at radius 1 is 1.50 bits per heavy atom. The number of rotatable bonds is 3. The predicted molar refractivity (Wildman–Crippen MR) is 72.2 cm³/mol. The highest BCUT2D eigenvalue weighted by Gasteiger charge is 2.51. The summed E-state index contributed by atoms with van der Waals surface area (Å²) >= 11 is 0. The van der Waals surface area contributed by atoms with Gasteiger partial charge in [0.15, 0.2) is 0 Å². The van der Waals surface area contributed by atoms with Gasteiger partial charge in [0.2, 0.25) is 0 Å². The quantitative estimate of drug-likeness (QED) is 0.794. The molecule has 6 heteroatoms. The van der Waals surface area contributed by atoms with Crippen LogP contribution in [0.5, 0.6) is 0 Å². The van der Waals surface area contributed by atoms with Crippen LogP contribution in [0.1, 0.15) is 34.1 Å². The number of aliphatic carboxylic acids is 1. The van der Waals surface area contributed by atoms with E-state index in [1.807, 2.05) is 0 Å². The molecule has 0 spiro atoms. The van der Waals surface area contributed by atoms with E-state index in [1.54, 1.807) is 20.8 Å². The van der Waals surface area contributed by atoms with Gasteiger partial charge >= 0.3 is 12.1 Å². The Balaban J connectivity index is 2.88. The van der Waals surface area contributed by atoms with Crippen LogP contribution in [0.15, 0.2) is 0 Å². The average Bonchev–Trinajstić information content (AvgIpc) is 2.63. The number of amides is 1. The minimum atomic E-state index is -1.35. The Labute approximate surface area is 119 Å². The summed E-state index contributed by atoms with van der Waals surface area (Å²) in [6.07, 6.45) is 4.24. The first-order valence-corrected chi connectivity index (χ1v) is 6.39. The molecule has 1 aliphatic rings. The zero-order valence-electron chi connectivity index (χ0n) is 12.3. The van der Waals surface area contributed by atoms with Crippen LogP contribution in [-0.2, 0) is 14.3 Å². The van der Waals surface area contributed by atoms with E-state index in [0.29, 0.717) is 0 Å². The van der Waals surface area contributed by atoms with E-state index in [-0.39, 0.29) is 19.6 Å². The molecule has 0 saturated carbocycles. The maximum Gasteiger partial charge on any atom is 0.411 e.